The van der Waals surface area contributed by atoms with Crippen LogP contribution in [0, 0.1) is 18.8 Å². The molecule has 0 saturated heterocycles. The summed E-state index contributed by atoms with van der Waals surface area (Å²) in [6.07, 6.45) is 1.79. The van der Waals surface area contributed by atoms with Gasteiger partial charge in [-0.15, -0.1) is 11.3 Å². The van der Waals surface area contributed by atoms with E-state index in [1.165, 1.54) is 0 Å². The molecule has 0 spiro atoms. The minimum atomic E-state index is -3.78. The average Bonchev–Trinajstić information content (AvgIpc) is 2.87. The average molecular weight is 317 g/mol. The lowest BCUT2D eigenvalue weighted by Gasteiger charge is -2.19. The molecule has 0 bridgehead atoms. The third-order valence-corrected chi connectivity index (χ3v) is 7.04. The molecule has 112 valence electrons. The van der Waals surface area contributed by atoms with Crippen LogP contribution in [0.3, 0.4) is 0 Å². The number of hydrogen-bond acceptors (Lipinski definition) is 4. The highest BCUT2D eigenvalue weighted by Crippen LogP contribution is 2.33. The van der Waals surface area contributed by atoms with Crippen molar-refractivity contribution in [3.05, 3.63) is 15.8 Å². The molecule has 1 aliphatic carbocycles. The standard InChI is InChI=1S/C13H19NO4S2/c1-7-4-5-10(9(7)3)14-20(17,18)12-8(2)6-19-11(12)13(15)16/h6-7,9-10,14H,4-5H2,1-3H3,(H,15,16). The van der Waals surface area contributed by atoms with Crippen molar-refractivity contribution >= 4 is 27.3 Å². The molecule has 20 heavy (non-hydrogen) atoms. The molecule has 1 aromatic rings. The summed E-state index contributed by atoms with van der Waals surface area (Å²) < 4.78 is 27.6. The molecule has 2 N–H and O–H groups in total. The zero-order valence-electron chi connectivity index (χ0n) is 11.7. The normalized spacial score (nSPS) is 26.9. The van der Waals surface area contributed by atoms with Gasteiger partial charge in [0.05, 0.1) is 0 Å². The number of hydrogen-bond donors (Lipinski definition) is 2. The van der Waals surface area contributed by atoms with E-state index in [2.05, 4.69) is 11.6 Å². The number of nitrogens with one attached hydrogen (secondary N) is 1. The number of rotatable bonds is 4. The van der Waals surface area contributed by atoms with Crippen LogP contribution in [0.2, 0.25) is 0 Å². The first-order chi connectivity index (χ1) is 9.24. The summed E-state index contributed by atoms with van der Waals surface area (Å²) in [5.74, 6) is -0.460. The van der Waals surface area contributed by atoms with Crippen molar-refractivity contribution in [2.45, 2.75) is 44.6 Å². The van der Waals surface area contributed by atoms with Crippen LogP contribution in [0.4, 0.5) is 0 Å². The van der Waals surface area contributed by atoms with E-state index in [9.17, 15) is 13.2 Å². The summed E-state index contributed by atoms with van der Waals surface area (Å²) >= 11 is 0.952. The summed E-state index contributed by atoms with van der Waals surface area (Å²) in [5.41, 5.74) is 0.485. The number of carbonyl (C=O) groups is 1. The zero-order valence-corrected chi connectivity index (χ0v) is 13.3. The maximum absolute atomic E-state index is 12.5. The molecule has 1 aromatic heterocycles. The number of thiophene rings is 1. The van der Waals surface area contributed by atoms with Crippen molar-refractivity contribution in [1.82, 2.24) is 4.72 Å². The van der Waals surface area contributed by atoms with Crippen LogP contribution < -0.4 is 4.72 Å². The van der Waals surface area contributed by atoms with E-state index in [0.717, 1.165) is 24.2 Å². The van der Waals surface area contributed by atoms with E-state index in [0.29, 0.717) is 11.5 Å². The molecule has 3 atom stereocenters. The molecule has 5 nitrogen and oxygen atoms in total. The van der Waals surface area contributed by atoms with Gasteiger partial charge in [-0.2, -0.15) is 0 Å². The van der Waals surface area contributed by atoms with Gasteiger partial charge in [0.25, 0.3) is 0 Å². The number of carboxylic acid groups (broad SMARTS) is 1. The maximum atomic E-state index is 12.5. The second-order valence-corrected chi connectivity index (χ2v) is 8.05. The number of carboxylic acids is 1. The number of aromatic carboxylic acids is 1. The first kappa shape index (κ1) is 15.5. The molecule has 3 unspecified atom stereocenters. The molecule has 1 heterocycles. The molecule has 1 saturated carbocycles. The topological polar surface area (TPSA) is 83.5 Å². The Hall–Kier alpha value is -0.920. The van der Waals surface area contributed by atoms with Gasteiger partial charge in [0.1, 0.15) is 9.77 Å². The molecule has 0 aliphatic heterocycles. The van der Waals surface area contributed by atoms with Gasteiger partial charge < -0.3 is 5.11 Å². The maximum Gasteiger partial charge on any atom is 0.347 e. The minimum absolute atomic E-state index is 0.0817. The van der Waals surface area contributed by atoms with Crippen molar-refractivity contribution in [3.63, 3.8) is 0 Å². The predicted octanol–water partition coefficient (Wildman–Crippen LogP) is 2.47. The Labute approximate surface area is 123 Å². The lowest BCUT2D eigenvalue weighted by molar-refractivity contribution is 0.0698. The smallest absolute Gasteiger partial charge is 0.347 e. The summed E-state index contributed by atoms with van der Waals surface area (Å²) in [5, 5.41) is 10.7. The summed E-state index contributed by atoms with van der Waals surface area (Å²) in [7, 11) is -3.78. The Balaban J connectivity index is 2.32. The molecular formula is C13H19NO4S2. The Morgan fingerprint density at radius 2 is 2.05 bits per heavy atom. The highest BCUT2D eigenvalue weighted by atomic mass is 32.2. The van der Waals surface area contributed by atoms with Crippen molar-refractivity contribution in [3.8, 4) is 0 Å². The van der Waals surface area contributed by atoms with E-state index >= 15 is 0 Å². The summed E-state index contributed by atoms with van der Waals surface area (Å²) in [6.45, 7) is 5.76. The van der Waals surface area contributed by atoms with E-state index in [4.69, 9.17) is 5.11 Å². The third kappa shape index (κ3) is 2.75. The fourth-order valence-corrected chi connectivity index (χ4v) is 5.70. The van der Waals surface area contributed by atoms with Gasteiger partial charge in [-0.3, -0.25) is 0 Å². The van der Waals surface area contributed by atoms with Crippen LogP contribution in [-0.4, -0.2) is 25.5 Å². The molecule has 7 heteroatoms. The highest BCUT2D eigenvalue weighted by Gasteiger charge is 2.35. The predicted molar refractivity (Wildman–Crippen MR) is 77.7 cm³/mol. The minimum Gasteiger partial charge on any atom is -0.477 e. The monoisotopic (exact) mass is 317 g/mol. The Bertz CT molecular complexity index is 620. The first-order valence-corrected chi connectivity index (χ1v) is 8.94. The molecular weight excluding hydrogens is 298 g/mol. The lowest BCUT2D eigenvalue weighted by Crippen LogP contribution is -2.37. The van der Waals surface area contributed by atoms with Gasteiger partial charge in [0.2, 0.25) is 10.0 Å². The molecule has 0 radical (unpaired) electrons. The second-order valence-electron chi connectivity index (χ2n) is 5.52. The lowest BCUT2D eigenvalue weighted by atomic mass is 9.98. The Morgan fingerprint density at radius 1 is 1.40 bits per heavy atom. The summed E-state index contributed by atoms with van der Waals surface area (Å²) in [6, 6.07) is -0.115. The van der Waals surface area contributed by atoms with Crippen LogP contribution in [-0.2, 0) is 10.0 Å². The quantitative estimate of drug-likeness (QED) is 0.893. The van der Waals surface area contributed by atoms with Crippen molar-refractivity contribution < 1.29 is 18.3 Å². The SMILES string of the molecule is Cc1csc(C(=O)O)c1S(=O)(=O)NC1CCC(C)C1C. The van der Waals surface area contributed by atoms with E-state index < -0.39 is 16.0 Å². The third-order valence-electron chi connectivity index (χ3n) is 4.15. The van der Waals surface area contributed by atoms with E-state index in [-0.39, 0.29) is 21.7 Å². The van der Waals surface area contributed by atoms with Crippen molar-refractivity contribution in [1.29, 1.82) is 0 Å². The van der Waals surface area contributed by atoms with Crippen molar-refractivity contribution in [2.75, 3.05) is 0 Å². The fourth-order valence-electron chi connectivity index (χ4n) is 2.70. The molecule has 1 aliphatic rings. The van der Waals surface area contributed by atoms with E-state index in [1.807, 2.05) is 6.92 Å². The van der Waals surface area contributed by atoms with Crippen LogP contribution in [0.1, 0.15) is 41.9 Å². The fraction of sp³-hybridized carbons (Fsp3) is 0.615. The Morgan fingerprint density at radius 3 is 2.55 bits per heavy atom. The van der Waals surface area contributed by atoms with Gasteiger partial charge >= 0.3 is 5.97 Å². The van der Waals surface area contributed by atoms with Gasteiger partial charge in [-0.25, -0.2) is 17.9 Å². The molecule has 0 aromatic carbocycles. The van der Waals surface area contributed by atoms with E-state index in [1.54, 1.807) is 12.3 Å². The van der Waals surface area contributed by atoms with Gasteiger partial charge in [-0.05, 0) is 42.5 Å². The van der Waals surface area contributed by atoms with Gasteiger partial charge in [0.15, 0.2) is 0 Å². The number of aryl methyl sites for hydroxylation is 1. The van der Waals surface area contributed by atoms with Crippen LogP contribution in [0.5, 0.6) is 0 Å². The zero-order chi connectivity index (χ0) is 15.1. The van der Waals surface area contributed by atoms with Crippen LogP contribution >= 0.6 is 11.3 Å². The molecule has 1 fully saturated rings. The second kappa shape index (κ2) is 5.46. The Kier molecular flexibility index (Phi) is 4.22. The molecule has 2 rings (SSSR count). The highest BCUT2D eigenvalue weighted by molar-refractivity contribution is 7.89. The number of sulfonamides is 1. The van der Waals surface area contributed by atoms with Gasteiger partial charge in [-0.1, -0.05) is 13.8 Å². The summed E-state index contributed by atoms with van der Waals surface area (Å²) in [4.78, 5) is 11.0. The van der Waals surface area contributed by atoms with Crippen LogP contribution in [0.25, 0.3) is 0 Å². The largest absolute Gasteiger partial charge is 0.477 e. The molecule has 0 amide bonds. The van der Waals surface area contributed by atoms with Crippen molar-refractivity contribution in [2.24, 2.45) is 11.8 Å². The van der Waals surface area contributed by atoms with Gasteiger partial charge in [0, 0.05) is 6.04 Å². The first-order valence-electron chi connectivity index (χ1n) is 6.57. The van der Waals surface area contributed by atoms with Crippen LogP contribution in [0.15, 0.2) is 10.3 Å².